The molecule has 1 aliphatic carbocycles. The number of nitrogens with zero attached hydrogens (tertiary/aromatic N) is 4. The highest BCUT2D eigenvalue weighted by molar-refractivity contribution is 5.89. The van der Waals surface area contributed by atoms with Gasteiger partial charge in [-0.2, -0.15) is 0 Å². The molecule has 2 amide bonds. The van der Waals surface area contributed by atoms with Crippen molar-refractivity contribution in [3.8, 4) is 0 Å². The Morgan fingerprint density at radius 2 is 2.21 bits per heavy atom. The third kappa shape index (κ3) is 3.61. The Morgan fingerprint density at radius 3 is 2.79 bits per heavy atom. The van der Waals surface area contributed by atoms with Gasteiger partial charge >= 0.3 is 0 Å². The third-order valence-electron chi connectivity index (χ3n) is 4.94. The molecule has 2 aliphatic rings. The van der Waals surface area contributed by atoms with Gasteiger partial charge in [-0.15, -0.1) is 0 Å². The Kier molecular flexibility index (Phi) is 4.89. The van der Waals surface area contributed by atoms with Crippen LogP contribution in [0.3, 0.4) is 0 Å². The first-order chi connectivity index (χ1) is 11.5. The van der Waals surface area contributed by atoms with Gasteiger partial charge in [0, 0.05) is 44.6 Å². The summed E-state index contributed by atoms with van der Waals surface area (Å²) in [7, 11) is 1.94. The molecule has 132 valence electrons. The first-order valence-corrected chi connectivity index (χ1v) is 8.76. The van der Waals surface area contributed by atoms with Gasteiger partial charge in [-0.25, -0.2) is 4.98 Å². The van der Waals surface area contributed by atoms with Crippen LogP contribution in [-0.4, -0.2) is 62.4 Å². The lowest BCUT2D eigenvalue weighted by molar-refractivity contribution is -0.140. The number of carbonyl (C=O) groups is 2. The lowest BCUT2D eigenvalue weighted by atomic mass is 10.1. The standard InChI is InChI=1S/C17H27N5O2/c1-12(2)21-9-7-19-17(24)14(21)10-16(23)22(13-4-5-13)11-15-18-6-8-20(15)3/h6,8,12-14H,4-5,7,9-11H2,1-3H3,(H,19,24)/t14-/m0/s1. The second kappa shape index (κ2) is 6.93. The maximum absolute atomic E-state index is 12.9. The van der Waals surface area contributed by atoms with Crippen molar-refractivity contribution in [2.75, 3.05) is 13.1 Å². The number of aryl methyl sites for hydroxylation is 1. The largest absolute Gasteiger partial charge is 0.353 e. The summed E-state index contributed by atoms with van der Waals surface area (Å²) in [6.07, 6.45) is 5.96. The van der Waals surface area contributed by atoms with Crippen molar-refractivity contribution in [2.45, 2.75) is 57.8 Å². The van der Waals surface area contributed by atoms with Gasteiger partial charge in [0.1, 0.15) is 5.82 Å². The molecule has 0 aromatic carbocycles. The number of piperazine rings is 1. The van der Waals surface area contributed by atoms with Crippen molar-refractivity contribution in [1.29, 1.82) is 0 Å². The molecule has 7 heteroatoms. The maximum Gasteiger partial charge on any atom is 0.237 e. The van der Waals surface area contributed by atoms with Crippen LogP contribution in [0.1, 0.15) is 38.9 Å². The van der Waals surface area contributed by atoms with Crippen LogP contribution < -0.4 is 5.32 Å². The van der Waals surface area contributed by atoms with E-state index in [-0.39, 0.29) is 30.3 Å². The molecule has 0 unspecified atom stereocenters. The fourth-order valence-corrected chi connectivity index (χ4v) is 3.35. The molecule has 1 atom stereocenters. The van der Waals surface area contributed by atoms with Crippen LogP contribution in [0.5, 0.6) is 0 Å². The van der Waals surface area contributed by atoms with Crippen LogP contribution in [0.15, 0.2) is 12.4 Å². The minimum Gasteiger partial charge on any atom is -0.353 e. The Bertz CT molecular complexity index is 608. The summed E-state index contributed by atoms with van der Waals surface area (Å²) < 4.78 is 1.94. The summed E-state index contributed by atoms with van der Waals surface area (Å²) in [5, 5.41) is 2.89. The molecule has 0 bridgehead atoms. The second-order valence-corrected chi connectivity index (χ2v) is 7.05. The zero-order valence-corrected chi connectivity index (χ0v) is 14.7. The van der Waals surface area contributed by atoms with Crippen LogP contribution in [-0.2, 0) is 23.2 Å². The molecule has 2 heterocycles. The Balaban J connectivity index is 1.70. The fraction of sp³-hybridized carbons (Fsp3) is 0.706. The fourth-order valence-electron chi connectivity index (χ4n) is 3.35. The van der Waals surface area contributed by atoms with E-state index in [1.54, 1.807) is 6.20 Å². The van der Waals surface area contributed by atoms with E-state index in [2.05, 4.69) is 29.0 Å². The highest BCUT2D eigenvalue weighted by Crippen LogP contribution is 2.29. The molecule has 1 saturated heterocycles. The number of nitrogens with one attached hydrogen (secondary N) is 1. The van der Waals surface area contributed by atoms with Crippen LogP contribution in [0, 0.1) is 0 Å². The molecule has 0 radical (unpaired) electrons. The first kappa shape index (κ1) is 17.0. The summed E-state index contributed by atoms with van der Waals surface area (Å²) in [4.78, 5) is 33.6. The van der Waals surface area contributed by atoms with E-state index in [0.29, 0.717) is 19.1 Å². The quantitative estimate of drug-likeness (QED) is 0.823. The van der Waals surface area contributed by atoms with Gasteiger partial charge in [-0.3, -0.25) is 14.5 Å². The molecule has 0 spiro atoms. The summed E-state index contributed by atoms with van der Waals surface area (Å²) >= 11 is 0. The molecule has 2 fully saturated rings. The molecule has 7 nitrogen and oxygen atoms in total. The van der Waals surface area contributed by atoms with Crippen molar-refractivity contribution in [1.82, 2.24) is 24.7 Å². The molecule has 24 heavy (non-hydrogen) atoms. The monoisotopic (exact) mass is 333 g/mol. The lowest BCUT2D eigenvalue weighted by Crippen LogP contribution is -2.58. The Morgan fingerprint density at radius 1 is 1.46 bits per heavy atom. The number of imidazole rings is 1. The number of rotatable bonds is 6. The van der Waals surface area contributed by atoms with Crippen LogP contribution in [0.4, 0.5) is 0 Å². The van der Waals surface area contributed by atoms with E-state index in [9.17, 15) is 9.59 Å². The van der Waals surface area contributed by atoms with E-state index < -0.39 is 0 Å². The van der Waals surface area contributed by atoms with Crippen molar-refractivity contribution in [3.63, 3.8) is 0 Å². The van der Waals surface area contributed by atoms with Gasteiger partial charge in [-0.1, -0.05) is 0 Å². The molecule has 1 saturated carbocycles. The minimum absolute atomic E-state index is 0.0314. The van der Waals surface area contributed by atoms with Gasteiger partial charge in [0.05, 0.1) is 19.0 Å². The van der Waals surface area contributed by atoms with E-state index in [1.807, 2.05) is 22.7 Å². The van der Waals surface area contributed by atoms with Crippen molar-refractivity contribution < 1.29 is 9.59 Å². The normalized spacial score (nSPS) is 21.8. The summed E-state index contributed by atoms with van der Waals surface area (Å²) in [6.45, 7) is 6.11. The second-order valence-electron chi connectivity index (χ2n) is 7.05. The van der Waals surface area contributed by atoms with E-state index in [4.69, 9.17) is 0 Å². The average molecular weight is 333 g/mol. The van der Waals surface area contributed by atoms with Crippen LogP contribution in [0.25, 0.3) is 0 Å². The molecule has 1 aliphatic heterocycles. The molecular weight excluding hydrogens is 306 g/mol. The Hall–Kier alpha value is -1.89. The predicted molar refractivity (Wildman–Crippen MR) is 90.0 cm³/mol. The molecule has 1 N–H and O–H groups in total. The minimum atomic E-state index is -0.367. The van der Waals surface area contributed by atoms with E-state index in [1.165, 1.54) is 0 Å². The SMILES string of the molecule is CC(C)N1CCNC(=O)[C@@H]1CC(=O)N(Cc1nccn1C)C1CC1. The summed E-state index contributed by atoms with van der Waals surface area (Å²) in [5.41, 5.74) is 0. The molecular formula is C17H27N5O2. The topological polar surface area (TPSA) is 70.5 Å². The highest BCUT2D eigenvalue weighted by Gasteiger charge is 2.38. The summed E-state index contributed by atoms with van der Waals surface area (Å²) in [6, 6.07) is 0.181. The molecule has 1 aromatic rings. The smallest absolute Gasteiger partial charge is 0.237 e. The van der Waals surface area contributed by atoms with Gasteiger partial charge < -0.3 is 14.8 Å². The van der Waals surface area contributed by atoms with Crippen molar-refractivity contribution >= 4 is 11.8 Å². The third-order valence-corrected chi connectivity index (χ3v) is 4.94. The van der Waals surface area contributed by atoms with Gasteiger partial charge in [0.25, 0.3) is 0 Å². The lowest BCUT2D eigenvalue weighted by Gasteiger charge is -2.38. The predicted octanol–water partition coefficient (Wildman–Crippen LogP) is 0.510. The van der Waals surface area contributed by atoms with Crippen molar-refractivity contribution in [3.05, 3.63) is 18.2 Å². The molecule has 1 aromatic heterocycles. The van der Waals surface area contributed by atoms with Crippen LogP contribution >= 0.6 is 0 Å². The summed E-state index contributed by atoms with van der Waals surface area (Å²) in [5.74, 6) is 0.897. The number of amides is 2. The van der Waals surface area contributed by atoms with Crippen LogP contribution in [0.2, 0.25) is 0 Å². The average Bonchev–Trinajstić information content (AvgIpc) is 3.29. The maximum atomic E-state index is 12.9. The molecule has 3 rings (SSSR count). The Labute approximate surface area is 143 Å². The zero-order valence-electron chi connectivity index (χ0n) is 14.7. The number of hydrogen-bond donors (Lipinski definition) is 1. The van der Waals surface area contributed by atoms with Crippen molar-refractivity contribution in [2.24, 2.45) is 7.05 Å². The van der Waals surface area contributed by atoms with E-state index in [0.717, 1.165) is 25.2 Å². The van der Waals surface area contributed by atoms with Gasteiger partial charge in [0.15, 0.2) is 0 Å². The number of hydrogen-bond acceptors (Lipinski definition) is 4. The van der Waals surface area contributed by atoms with Gasteiger partial charge in [-0.05, 0) is 26.7 Å². The number of carbonyl (C=O) groups excluding carboxylic acids is 2. The zero-order chi connectivity index (χ0) is 17.3. The van der Waals surface area contributed by atoms with E-state index >= 15 is 0 Å². The number of aromatic nitrogens is 2. The first-order valence-electron chi connectivity index (χ1n) is 8.76. The van der Waals surface area contributed by atoms with Gasteiger partial charge in [0.2, 0.25) is 11.8 Å². The highest BCUT2D eigenvalue weighted by atomic mass is 16.2.